The third kappa shape index (κ3) is 9.73. The lowest BCUT2D eigenvalue weighted by molar-refractivity contribution is -0.159. The highest BCUT2D eigenvalue weighted by atomic mass is 16.7. The molecule has 6 heteroatoms. The van der Waals surface area contributed by atoms with Crippen molar-refractivity contribution in [3.05, 3.63) is 71.8 Å². The zero-order valence-corrected chi connectivity index (χ0v) is 23.5. The summed E-state index contributed by atoms with van der Waals surface area (Å²) in [5, 5.41) is 0. The maximum Gasteiger partial charge on any atom is 0.314 e. The number of carbonyl (C=O) groups excluding carboxylic acids is 2. The molecule has 0 heterocycles. The Balaban J connectivity index is 2.22. The minimum atomic E-state index is -0.598. The summed E-state index contributed by atoms with van der Waals surface area (Å²) in [6.45, 7) is 14.4. The van der Waals surface area contributed by atoms with Crippen LogP contribution >= 0.6 is 0 Å². The Bertz CT molecular complexity index is 1080. The Hall–Kier alpha value is -3.54. The van der Waals surface area contributed by atoms with Crippen LogP contribution in [0.25, 0.3) is 6.08 Å². The molecule has 206 valence electrons. The van der Waals surface area contributed by atoms with Crippen molar-refractivity contribution in [1.29, 1.82) is 0 Å². The summed E-state index contributed by atoms with van der Waals surface area (Å²) < 4.78 is 22.9. The molecule has 0 unspecified atom stereocenters. The van der Waals surface area contributed by atoms with Crippen LogP contribution in [0.4, 0.5) is 0 Å². The average molecular weight is 523 g/mol. The van der Waals surface area contributed by atoms with Crippen LogP contribution in [0.5, 0.6) is 17.2 Å². The maximum absolute atomic E-state index is 13.0. The second-order valence-electron chi connectivity index (χ2n) is 10.0. The molecule has 6 nitrogen and oxygen atoms in total. The molecule has 0 saturated heterocycles. The van der Waals surface area contributed by atoms with Crippen LogP contribution in [0.2, 0.25) is 0 Å². The Morgan fingerprint density at radius 2 is 1.55 bits per heavy atom. The minimum absolute atomic E-state index is 0.163. The molecule has 2 aromatic carbocycles. The van der Waals surface area contributed by atoms with Crippen molar-refractivity contribution in [3.63, 3.8) is 0 Å². The molecule has 38 heavy (non-hydrogen) atoms. The normalized spacial score (nSPS) is 11.3. The summed E-state index contributed by atoms with van der Waals surface area (Å²) in [5.41, 5.74) is 1.66. The Kier molecular flexibility index (Phi) is 12.6. The predicted molar refractivity (Wildman–Crippen MR) is 152 cm³/mol. The molecule has 0 atom stereocenters. The van der Waals surface area contributed by atoms with E-state index in [0.717, 1.165) is 42.6 Å². The monoisotopic (exact) mass is 522 g/mol. The van der Waals surface area contributed by atoms with Gasteiger partial charge in [-0.05, 0) is 88.1 Å². The molecule has 0 aliphatic carbocycles. The molecule has 0 aliphatic rings. The molecule has 0 amide bonds. The zero-order valence-electron chi connectivity index (χ0n) is 23.5. The SMILES string of the molecule is C=CCc1ccc(OCCCC)c(C=CC(=O)c2ccc(OCOC(=O)C(C)(C)C)cc2)c1OCCCC. The van der Waals surface area contributed by atoms with Crippen molar-refractivity contribution in [2.24, 2.45) is 5.41 Å². The number of ether oxygens (including phenoxy) is 4. The number of allylic oxidation sites excluding steroid dienone is 2. The first-order valence-corrected chi connectivity index (χ1v) is 13.4. The largest absolute Gasteiger partial charge is 0.493 e. The summed E-state index contributed by atoms with van der Waals surface area (Å²) in [6, 6.07) is 10.6. The Morgan fingerprint density at radius 3 is 2.16 bits per heavy atom. The van der Waals surface area contributed by atoms with Crippen molar-refractivity contribution < 1.29 is 28.5 Å². The number of hydrogen-bond donors (Lipinski definition) is 0. The third-order valence-electron chi connectivity index (χ3n) is 5.67. The number of unbranched alkanes of at least 4 members (excludes halogenated alkanes) is 2. The van der Waals surface area contributed by atoms with Gasteiger partial charge in [0.1, 0.15) is 17.2 Å². The number of hydrogen-bond acceptors (Lipinski definition) is 6. The van der Waals surface area contributed by atoms with E-state index in [9.17, 15) is 9.59 Å². The van der Waals surface area contributed by atoms with Crippen LogP contribution in [0.3, 0.4) is 0 Å². The topological polar surface area (TPSA) is 71.1 Å². The number of benzene rings is 2. The van der Waals surface area contributed by atoms with Gasteiger partial charge in [-0.15, -0.1) is 6.58 Å². The van der Waals surface area contributed by atoms with E-state index in [0.29, 0.717) is 36.7 Å². The fourth-order valence-electron chi connectivity index (χ4n) is 3.38. The molecule has 0 fully saturated rings. The summed E-state index contributed by atoms with van der Waals surface area (Å²) in [4.78, 5) is 24.9. The van der Waals surface area contributed by atoms with Crippen LogP contribution in [-0.4, -0.2) is 31.8 Å². The van der Waals surface area contributed by atoms with Crippen LogP contribution in [0, 0.1) is 5.41 Å². The lowest BCUT2D eigenvalue weighted by Crippen LogP contribution is -2.24. The van der Waals surface area contributed by atoms with Gasteiger partial charge in [-0.3, -0.25) is 9.59 Å². The van der Waals surface area contributed by atoms with Gasteiger partial charge in [0.15, 0.2) is 5.78 Å². The molecule has 0 radical (unpaired) electrons. The van der Waals surface area contributed by atoms with Crippen LogP contribution < -0.4 is 14.2 Å². The first kappa shape index (κ1) is 30.7. The Labute approximate surface area is 227 Å². The maximum atomic E-state index is 13.0. The molecule has 0 bridgehead atoms. The zero-order chi connectivity index (χ0) is 28.0. The summed E-state index contributed by atoms with van der Waals surface area (Å²) >= 11 is 0. The van der Waals surface area contributed by atoms with Crippen molar-refractivity contribution in [2.75, 3.05) is 20.0 Å². The highest BCUT2D eigenvalue weighted by Crippen LogP contribution is 2.35. The first-order chi connectivity index (χ1) is 18.2. The summed E-state index contributed by atoms with van der Waals surface area (Å²) in [7, 11) is 0. The minimum Gasteiger partial charge on any atom is -0.493 e. The van der Waals surface area contributed by atoms with Gasteiger partial charge in [0, 0.05) is 5.56 Å². The molecule has 0 spiro atoms. The molecule has 2 aromatic rings. The van der Waals surface area contributed by atoms with E-state index in [-0.39, 0.29) is 18.5 Å². The van der Waals surface area contributed by atoms with E-state index in [1.807, 2.05) is 18.2 Å². The first-order valence-electron chi connectivity index (χ1n) is 13.4. The highest BCUT2D eigenvalue weighted by molar-refractivity contribution is 6.07. The smallest absolute Gasteiger partial charge is 0.314 e. The third-order valence-corrected chi connectivity index (χ3v) is 5.67. The van der Waals surface area contributed by atoms with Crippen LogP contribution in [0.1, 0.15) is 81.8 Å². The van der Waals surface area contributed by atoms with Gasteiger partial charge in [0.2, 0.25) is 6.79 Å². The molecular formula is C32H42O6. The van der Waals surface area contributed by atoms with E-state index < -0.39 is 5.41 Å². The standard InChI is InChI=1S/C32H42O6/c1-7-10-21-35-29-20-15-25(12-9-3)30(36-22-11-8-2)27(29)18-19-28(33)24-13-16-26(17-14-24)37-23-38-31(34)32(4,5)6/h9,13-20H,3,7-8,10-12,21-23H2,1-2,4-6H3. The molecule has 0 N–H and O–H groups in total. The van der Waals surface area contributed by atoms with E-state index in [4.69, 9.17) is 18.9 Å². The van der Waals surface area contributed by atoms with Crippen molar-refractivity contribution in [1.82, 2.24) is 0 Å². The Morgan fingerprint density at radius 1 is 0.895 bits per heavy atom. The van der Waals surface area contributed by atoms with Crippen LogP contribution in [-0.2, 0) is 16.0 Å². The average Bonchev–Trinajstić information content (AvgIpc) is 2.89. The lowest BCUT2D eigenvalue weighted by atomic mass is 9.98. The quantitative estimate of drug-likeness (QED) is 0.0565. The van der Waals surface area contributed by atoms with E-state index in [2.05, 4.69) is 20.4 Å². The second kappa shape index (κ2) is 15.7. The van der Waals surface area contributed by atoms with Gasteiger partial charge in [0.25, 0.3) is 0 Å². The predicted octanol–water partition coefficient (Wildman–Crippen LogP) is 7.59. The number of esters is 1. The van der Waals surface area contributed by atoms with Crippen LogP contribution in [0.15, 0.2) is 55.1 Å². The van der Waals surface area contributed by atoms with Gasteiger partial charge >= 0.3 is 5.97 Å². The van der Waals surface area contributed by atoms with Crippen molar-refractivity contribution in [3.8, 4) is 17.2 Å². The van der Waals surface area contributed by atoms with Crippen molar-refractivity contribution in [2.45, 2.75) is 66.7 Å². The fraction of sp³-hybridized carbons (Fsp3) is 0.438. The fourth-order valence-corrected chi connectivity index (χ4v) is 3.38. The van der Waals surface area contributed by atoms with Gasteiger partial charge in [0.05, 0.1) is 24.2 Å². The second-order valence-corrected chi connectivity index (χ2v) is 10.0. The van der Waals surface area contributed by atoms with Gasteiger partial charge in [-0.1, -0.05) is 38.8 Å². The van der Waals surface area contributed by atoms with E-state index >= 15 is 0 Å². The molecule has 0 saturated carbocycles. The number of rotatable bonds is 16. The highest BCUT2D eigenvalue weighted by Gasteiger charge is 2.23. The van der Waals surface area contributed by atoms with Gasteiger partial charge < -0.3 is 18.9 Å². The molecular weight excluding hydrogens is 480 g/mol. The molecule has 0 aliphatic heterocycles. The van der Waals surface area contributed by atoms with E-state index in [1.165, 1.54) is 6.08 Å². The van der Waals surface area contributed by atoms with Crippen molar-refractivity contribution >= 4 is 17.8 Å². The summed E-state index contributed by atoms with van der Waals surface area (Å²) in [5.74, 6) is 1.41. The lowest BCUT2D eigenvalue weighted by Gasteiger charge is -2.17. The molecule has 2 rings (SSSR count). The van der Waals surface area contributed by atoms with Gasteiger partial charge in [-0.25, -0.2) is 0 Å². The molecule has 0 aromatic heterocycles. The van der Waals surface area contributed by atoms with Gasteiger partial charge in [-0.2, -0.15) is 0 Å². The number of ketones is 1. The number of carbonyl (C=O) groups is 2. The van der Waals surface area contributed by atoms with E-state index in [1.54, 1.807) is 51.1 Å². The summed E-state index contributed by atoms with van der Waals surface area (Å²) in [6.07, 6.45) is 9.71.